The lowest BCUT2D eigenvalue weighted by Gasteiger charge is -2.32. The van der Waals surface area contributed by atoms with E-state index in [9.17, 15) is 9.59 Å². The molecular formula is C26H33N5O2. The van der Waals surface area contributed by atoms with E-state index < -0.39 is 5.91 Å². The molecule has 0 spiro atoms. The SMILES string of the molecule is Cc1ccc(CCC2CCN(C(=O)CCc3c(C)nc4c(C(N)=O)cnn4c3C)CC2)cc1. The van der Waals surface area contributed by atoms with Crippen LogP contribution < -0.4 is 5.73 Å². The van der Waals surface area contributed by atoms with Gasteiger partial charge in [-0.25, -0.2) is 9.50 Å². The van der Waals surface area contributed by atoms with Crippen LogP contribution in [-0.4, -0.2) is 44.4 Å². The predicted molar refractivity (Wildman–Crippen MR) is 128 cm³/mol. The number of carbonyl (C=O) groups is 2. The Bertz CT molecular complexity index is 1160. The summed E-state index contributed by atoms with van der Waals surface area (Å²) >= 11 is 0. The van der Waals surface area contributed by atoms with Gasteiger partial charge in [0.25, 0.3) is 5.91 Å². The van der Waals surface area contributed by atoms with Crippen LogP contribution in [0, 0.1) is 26.7 Å². The van der Waals surface area contributed by atoms with Crippen LogP contribution in [0.4, 0.5) is 0 Å². The van der Waals surface area contributed by atoms with Crippen LogP contribution in [0.25, 0.3) is 5.65 Å². The van der Waals surface area contributed by atoms with Gasteiger partial charge in [-0.15, -0.1) is 0 Å². The Morgan fingerprint density at radius 2 is 1.76 bits per heavy atom. The van der Waals surface area contributed by atoms with Crippen LogP contribution in [0.3, 0.4) is 0 Å². The van der Waals surface area contributed by atoms with Gasteiger partial charge in [-0.1, -0.05) is 29.8 Å². The van der Waals surface area contributed by atoms with E-state index in [1.54, 1.807) is 4.52 Å². The van der Waals surface area contributed by atoms with E-state index in [4.69, 9.17) is 5.73 Å². The summed E-state index contributed by atoms with van der Waals surface area (Å²) in [5.41, 5.74) is 11.6. The number of aromatic nitrogens is 3. The van der Waals surface area contributed by atoms with Crippen molar-refractivity contribution < 1.29 is 9.59 Å². The molecule has 3 heterocycles. The van der Waals surface area contributed by atoms with E-state index in [-0.39, 0.29) is 5.91 Å². The monoisotopic (exact) mass is 447 g/mol. The fraction of sp³-hybridized carbons (Fsp3) is 0.462. The highest BCUT2D eigenvalue weighted by atomic mass is 16.2. The average Bonchev–Trinajstić information content (AvgIpc) is 3.23. The maximum atomic E-state index is 12.9. The second-order valence-electron chi connectivity index (χ2n) is 9.27. The number of nitrogens with two attached hydrogens (primary N) is 1. The summed E-state index contributed by atoms with van der Waals surface area (Å²) in [5.74, 6) is 0.344. The fourth-order valence-electron chi connectivity index (χ4n) is 4.83. The second-order valence-corrected chi connectivity index (χ2v) is 9.27. The molecule has 0 radical (unpaired) electrons. The lowest BCUT2D eigenvalue weighted by molar-refractivity contribution is -0.132. The largest absolute Gasteiger partial charge is 0.365 e. The number of benzene rings is 1. The quantitative estimate of drug-likeness (QED) is 0.599. The first kappa shape index (κ1) is 23.0. The van der Waals surface area contributed by atoms with Crippen molar-refractivity contribution in [3.63, 3.8) is 0 Å². The molecule has 0 atom stereocenters. The van der Waals surface area contributed by atoms with Crippen LogP contribution in [0.1, 0.15) is 64.1 Å². The van der Waals surface area contributed by atoms with Crippen LogP contribution in [-0.2, 0) is 17.6 Å². The molecule has 7 heteroatoms. The first-order chi connectivity index (χ1) is 15.8. The highest BCUT2D eigenvalue weighted by molar-refractivity contribution is 5.98. The van der Waals surface area contributed by atoms with E-state index in [0.29, 0.717) is 30.0 Å². The fourth-order valence-corrected chi connectivity index (χ4v) is 4.83. The maximum Gasteiger partial charge on any atom is 0.254 e. The summed E-state index contributed by atoms with van der Waals surface area (Å²) in [7, 11) is 0. The summed E-state index contributed by atoms with van der Waals surface area (Å²) in [4.78, 5) is 31.0. The van der Waals surface area contributed by atoms with Crippen molar-refractivity contribution >= 4 is 17.5 Å². The number of amides is 2. The minimum absolute atomic E-state index is 0.198. The lowest BCUT2D eigenvalue weighted by Crippen LogP contribution is -2.38. The molecule has 1 aliphatic heterocycles. The van der Waals surface area contributed by atoms with Crippen LogP contribution >= 0.6 is 0 Å². The average molecular weight is 448 g/mol. The molecular weight excluding hydrogens is 414 g/mol. The highest BCUT2D eigenvalue weighted by Crippen LogP contribution is 2.24. The smallest absolute Gasteiger partial charge is 0.254 e. The van der Waals surface area contributed by atoms with Crippen LogP contribution in [0.2, 0.25) is 0 Å². The van der Waals surface area contributed by atoms with Gasteiger partial charge in [0.1, 0.15) is 5.56 Å². The van der Waals surface area contributed by atoms with Gasteiger partial charge in [-0.3, -0.25) is 9.59 Å². The number of nitrogens with zero attached hydrogens (tertiary/aromatic N) is 4. The zero-order chi connectivity index (χ0) is 23.5. The number of aryl methyl sites for hydroxylation is 4. The maximum absolute atomic E-state index is 12.9. The Balaban J connectivity index is 1.30. The number of piperidine rings is 1. The Morgan fingerprint density at radius 1 is 1.06 bits per heavy atom. The molecule has 2 aromatic heterocycles. The minimum atomic E-state index is -0.540. The zero-order valence-corrected chi connectivity index (χ0v) is 19.8. The molecule has 3 aromatic rings. The van der Waals surface area contributed by atoms with Crippen molar-refractivity contribution in [1.82, 2.24) is 19.5 Å². The molecule has 1 aromatic carbocycles. The molecule has 33 heavy (non-hydrogen) atoms. The standard InChI is InChI=1S/C26H33N5O2/c1-17-4-6-20(7-5-17)8-9-21-12-14-30(15-13-21)24(32)11-10-22-18(2)29-26-23(25(27)33)16-28-31(26)19(22)3/h4-7,16,21H,8-15H2,1-3H3,(H2,27,33). The third-order valence-corrected chi connectivity index (χ3v) is 6.99. The van der Waals surface area contributed by atoms with Gasteiger partial charge < -0.3 is 10.6 Å². The Morgan fingerprint density at radius 3 is 2.42 bits per heavy atom. The van der Waals surface area contributed by atoms with E-state index >= 15 is 0 Å². The summed E-state index contributed by atoms with van der Waals surface area (Å²) in [5, 5.41) is 4.27. The highest BCUT2D eigenvalue weighted by Gasteiger charge is 2.23. The van der Waals surface area contributed by atoms with Gasteiger partial charge in [0.2, 0.25) is 5.91 Å². The molecule has 1 saturated heterocycles. The van der Waals surface area contributed by atoms with Crippen molar-refractivity contribution in [2.75, 3.05) is 13.1 Å². The molecule has 1 aliphatic rings. The van der Waals surface area contributed by atoms with Gasteiger partial charge in [-0.2, -0.15) is 5.10 Å². The Kier molecular flexibility index (Phi) is 6.77. The van der Waals surface area contributed by atoms with Crippen LogP contribution in [0.5, 0.6) is 0 Å². The van der Waals surface area contributed by atoms with Gasteiger partial charge in [0.05, 0.1) is 6.20 Å². The normalized spacial score (nSPS) is 14.7. The number of rotatable bonds is 7. The zero-order valence-electron chi connectivity index (χ0n) is 19.8. The first-order valence-corrected chi connectivity index (χ1v) is 11.8. The van der Waals surface area contributed by atoms with Crippen molar-refractivity contribution in [3.05, 3.63) is 64.1 Å². The minimum Gasteiger partial charge on any atom is -0.365 e. The van der Waals surface area contributed by atoms with E-state index in [1.165, 1.54) is 23.7 Å². The topological polar surface area (TPSA) is 93.6 Å². The number of likely N-dealkylation sites (tertiary alicyclic amines) is 1. The van der Waals surface area contributed by atoms with Crippen molar-refractivity contribution in [2.24, 2.45) is 11.7 Å². The van der Waals surface area contributed by atoms with Crippen molar-refractivity contribution in [1.29, 1.82) is 0 Å². The van der Waals surface area contributed by atoms with E-state index in [0.717, 1.165) is 49.3 Å². The molecule has 0 bridgehead atoms. The molecule has 2 N–H and O–H groups in total. The summed E-state index contributed by atoms with van der Waals surface area (Å²) in [6.45, 7) is 7.65. The number of hydrogen-bond donors (Lipinski definition) is 1. The van der Waals surface area contributed by atoms with Gasteiger partial charge in [-0.05, 0) is 69.9 Å². The lowest BCUT2D eigenvalue weighted by atomic mass is 9.90. The summed E-state index contributed by atoms with van der Waals surface area (Å²) in [6.07, 6.45) is 6.96. The molecule has 4 rings (SSSR count). The predicted octanol–water partition coefficient (Wildman–Crippen LogP) is 3.56. The van der Waals surface area contributed by atoms with E-state index in [1.807, 2.05) is 18.7 Å². The molecule has 0 saturated carbocycles. The number of carbonyl (C=O) groups excluding carboxylic acids is 2. The van der Waals surface area contributed by atoms with Crippen LogP contribution in [0.15, 0.2) is 30.5 Å². The van der Waals surface area contributed by atoms with Gasteiger partial charge >= 0.3 is 0 Å². The number of primary amides is 1. The molecule has 1 fully saturated rings. The molecule has 174 valence electrons. The number of hydrogen-bond acceptors (Lipinski definition) is 4. The van der Waals surface area contributed by atoms with Gasteiger partial charge in [0, 0.05) is 30.9 Å². The molecule has 0 aliphatic carbocycles. The number of fused-ring (bicyclic) bond motifs is 1. The van der Waals surface area contributed by atoms with E-state index in [2.05, 4.69) is 41.3 Å². The third kappa shape index (κ3) is 5.07. The first-order valence-electron chi connectivity index (χ1n) is 11.8. The van der Waals surface area contributed by atoms with Crippen molar-refractivity contribution in [2.45, 2.75) is 59.3 Å². The Hall–Kier alpha value is -3.22. The molecule has 2 amide bonds. The molecule has 0 unspecified atom stereocenters. The third-order valence-electron chi connectivity index (χ3n) is 6.99. The Labute approximate surface area is 195 Å². The second kappa shape index (κ2) is 9.73. The summed E-state index contributed by atoms with van der Waals surface area (Å²) in [6, 6.07) is 8.80. The summed E-state index contributed by atoms with van der Waals surface area (Å²) < 4.78 is 1.65. The molecule has 7 nitrogen and oxygen atoms in total. The van der Waals surface area contributed by atoms with Gasteiger partial charge in [0.15, 0.2) is 5.65 Å². The van der Waals surface area contributed by atoms with Crippen molar-refractivity contribution in [3.8, 4) is 0 Å².